The van der Waals surface area contributed by atoms with Crippen molar-refractivity contribution in [3.63, 3.8) is 0 Å². The number of guanidine groups is 1. The number of amides is 1. The second-order valence-electron chi connectivity index (χ2n) is 6.84. The van der Waals surface area contributed by atoms with E-state index in [4.69, 9.17) is 5.73 Å². The molecule has 0 unspecified atom stereocenters. The Kier molecular flexibility index (Phi) is 6.69. The lowest BCUT2D eigenvalue weighted by Crippen LogP contribution is -2.47. The number of nitrogens with two attached hydrogens (primary N) is 1. The fourth-order valence-corrected chi connectivity index (χ4v) is 3.12. The van der Waals surface area contributed by atoms with Gasteiger partial charge in [-0.05, 0) is 38.9 Å². The number of carbonyl (C=O) groups excluding carboxylic acids is 1. The Labute approximate surface area is 151 Å². The molecule has 0 aromatic rings. The summed E-state index contributed by atoms with van der Waals surface area (Å²) in [5.41, 5.74) is 4.84. The van der Waals surface area contributed by atoms with Gasteiger partial charge in [0.2, 0.25) is 5.91 Å². The largest absolute Gasteiger partial charge is 0.415 e. The molecule has 0 spiro atoms. The van der Waals surface area contributed by atoms with Crippen LogP contribution in [0.1, 0.15) is 19.3 Å². The predicted octanol–water partition coefficient (Wildman–Crippen LogP) is 1.47. The van der Waals surface area contributed by atoms with E-state index in [9.17, 15) is 18.0 Å². The Bertz CT molecular complexity index is 579. The minimum absolute atomic E-state index is 0.0643. The molecule has 3 N–H and O–H groups in total. The number of aliphatic imine (C=N–C) groups is 1. The van der Waals surface area contributed by atoms with Gasteiger partial charge in [-0.25, -0.2) is 4.99 Å². The summed E-state index contributed by atoms with van der Waals surface area (Å²) in [5, 5.41) is 3.10. The first-order valence-corrected chi connectivity index (χ1v) is 8.66. The number of likely N-dealkylation sites (tertiary alicyclic amines) is 2. The Morgan fingerprint density at radius 3 is 2.46 bits per heavy atom. The van der Waals surface area contributed by atoms with E-state index in [2.05, 4.69) is 21.8 Å². The molecule has 6 nitrogen and oxygen atoms in total. The van der Waals surface area contributed by atoms with E-state index < -0.39 is 11.7 Å². The molecule has 0 bridgehead atoms. The van der Waals surface area contributed by atoms with Crippen molar-refractivity contribution >= 4 is 11.9 Å². The second kappa shape index (κ2) is 8.57. The minimum atomic E-state index is -4.47. The van der Waals surface area contributed by atoms with E-state index in [1.54, 1.807) is 4.90 Å². The van der Waals surface area contributed by atoms with Gasteiger partial charge >= 0.3 is 6.18 Å². The van der Waals surface area contributed by atoms with E-state index in [0.717, 1.165) is 31.8 Å². The molecule has 2 aliphatic heterocycles. The molecule has 26 heavy (non-hydrogen) atoms. The van der Waals surface area contributed by atoms with Gasteiger partial charge in [0.25, 0.3) is 0 Å². The highest BCUT2D eigenvalue weighted by Crippen LogP contribution is 2.24. The van der Waals surface area contributed by atoms with Crippen LogP contribution in [0.3, 0.4) is 0 Å². The lowest BCUT2D eigenvalue weighted by atomic mass is 9.95. The molecule has 2 rings (SSSR count). The summed E-state index contributed by atoms with van der Waals surface area (Å²) in [5.74, 6) is 0.153. The SMILES string of the molecule is C=C(/C=C\N=C(/N)N1CCC(C(=O)N[C@@H]2CCN(C)C2)CC1)C(F)(F)F. The summed E-state index contributed by atoms with van der Waals surface area (Å²) >= 11 is 0. The van der Waals surface area contributed by atoms with Crippen molar-refractivity contribution in [1.82, 2.24) is 15.1 Å². The van der Waals surface area contributed by atoms with E-state index in [1.807, 2.05) is 7.05 Å². The first-order valence-electron chi connectivity index (χ1n) is 8.66. The molecule has 2 aliphatic rings. The average Bonchev–Trinajstić information content (AvgIpc) is 2.98. The van der Waals surface area contributed by atoms with Crippen molar-refractivity contribution in [2.45, 2.75) is 31.5 Å². The first-order chi connectivity index (χ1) is 12.2. The number of allylic oxidation sites excluding steroid dienone is 2. The Hall–Kier alpha value is -2.03. The highest BCUT2D eigenvalue weighted by Gasteiger charge is 2.30. The normalized spacial score (nSPS) is 23.6. The number of nitrogens with one attached hydrogen (secondary N) is 1. The van der Waals surface area contributed by atoms with Gasteiger partial charge in [-0.1, -0.05) is 6.58 Å². The minimum Gasteiger partial charge on any atom is -0.370 e. The number of carbonyl (C=O) groups is 1. The van der Waals surface area contributed by atoms with Gasteiger partial charge in [0.15, 0.2) is 5.96 Å². The van der Waals surface area contributed by atoms with Gasteiger partial charge in [0, 0.05) is 43.4 Å². The molecule has 1 amide bonds. The zero-order valence-corrected chi connectivity index (χ0v) is 14.9. The third-order valence-electron chi connectivity index (χ3n) is 4.77. The van der Waals surface area contributed by atoms with Crippen molar-refractivity contribution in [2.24, 2.45) is 16.6 Å². The van der Waals surface area contributed by atoms with Gasteiger partial charge in [0.05, 0.1) is 0 Å². The lowest BCUT2D eigenvalue weighted by Gasteiger charge is -2.32. The number of piperidine rings is 1. The monoisotopic (exact) mass is 373 g/mol. The fourth-order valence-electron chi connectivity index (χ4n) is 3.12. The topological polar surface area (TPSA) is 74.0 Å². The molecule has 0 aromatic carbocycles. The zero-order valence-electron chi connectivity index (χ0n) is 14.9. The number of hydrogen-bond donors (Lipinski definition) is 2. The summed E-state index contributed by atoms with van der Waals surface area (Å²) < 4.78 is 37.0. The first kappa shape index (κ1) is 20.3. The second-order valence-corrected chi connectivity index (χ2v) is 6.84. The van der Waals surface area contributed by atoms with Crippen LogP contribution in [0.5, 0.6) is 0 Å². The van der Waals surface area contributed by atoms with Gasteiger partial charge in [-0.2, -0.15) is 13.2 Å². The van der Waals surface area contributed by atoms with Gasteiger partial charge in [0.1, 0.15) is 0 Å². The van der Waals surface area contributed by atoms with Crippen LogP contribution in [0.4, 0.5) is 13.2 Å². The Morgan fingerprint density at radius 2 is 1.92 bits per heavy atom. The van der Waals surface area contributed by atoms with Crippen LogP contribution in [-0.4, -0.2) is 67.1 Å². The lowest BCUT2D eigenvalue weighted by molar-refractivity contribution is -0.126. The van der Waals surface area contributed by atoms with Crippen LogP contribution in [-0.2, 0) is 4.79 Å². The Morgan fingerprint density at radius 1 is 1.27 bits per heavy atom. The summed E-state index contributed by atoms with van der Waals surface area (Å²) in [7, 11) is 2.03. The standard InChI is InChI=1S/C17H26F3N5O/c1-12(17(18,19)20)3-7-22-16(21)25-9-4-13(5-10-25)15(26)23-14-6-8-24(2)11-14/h3,7,13-14H,1,4-6,8-11H2,2H3,(H2,21,22)(H,23,26)/b7-3-/t14-/m1/s1. The molecule has 0 aromatic heterocycles. The van der Waals surface area contributed by atoms with Crippen molar-refractivity contribution in [2.75, 3.05) is 33.2 Å². The van der Waals surface area contributed by atoms with Gasteiger partial charge in [-0.15, -0.1) is 0 Å². The van der Waals surface area contributed by atoms with Crippen LogP contribution < -0.4 is 11.1 Å². The molecule has 2 heterocycles. The molecule has 2 saturated heterocycles. The maximum absolute atomic E-state index is 12.3. The quantitative estimate of drug-likeness (QED) is 0.445. The molecule has 0 aliphatic carbocycles. The highest BCUT2D eigenvalue weighted by molar-refractivity contribution is 5.81. The smallest absolute Gasteiger partial charge is 0.370 e. The third-order valence-corrected chi connectivity index (χ3v) is 4.77. The van der Waals surface area contributed by atoms with Crippen molar-refractivity contribution < 1.29 is 18.0 Å². The molecular weight excluding hydrogens is 347 g/mol. The van der Waals surface area contributed by atoms with Gasteiger partial charge < -0.3 is 20.9 Å². The van der Waals surface area contributed by atoms with E-state index in [1.165, 1.54) is 0 Å². The number of rotatable bonds is 4. The predicted molar refractivity (Wildman–Crippen MR) is 94.3 cm³/mol. The van der Waals surface area contributed by atoms with Crippen LogP contribution in [0, 0.1) is 5.92 Å². The number of hydrogen-bond acceptors (Lipinski definition) is 3. The maximum Gasteiger partial charge on any atom is 0.415 e. The number of halogens is 3. The average molecular weight is 373 g/mol. The summed E-state index contributed by atoms with van der Waals surface area (Å²) in [6.07, 6.45) is -0.434. The fraction of sp³-hybridized carbons (Fsp3) is 0.647. The summed E-state index contributed by atoms with van der Waals surface area (Å²) in [4.78, 5) is 20.1. The van der Waals surface area contributed by atoms with Gasteiger partial charge in [-0.3, -0.25) is 4.79 Å². The molecule has 0 radical (unpaired) electrons. The zero-order chi connectivity index (χ0) is 19.3. The molecule has 9 heteroatoms. The summed E-state index contributed by atoms with van der Waals surface area (Å²) in [6.45, 7) is 5.89. The molecule has 146 valence electrons. The summed E-state index contributed by atoms with van der Waals surface area (Å²) in [6, 6.07) is 0.212. The van der Waals surface area contributed by atoms with Crippen LogP contribution in [0.15, 0.2) is 29.4 Å². The van der Waals surface area contributed by atoms with E-state index in [0.29, 0.717) is 25.9 Å². The highest BCUT2D eigenvalue weighted by atomic mass is 19.4. The maximum atomic E-state index is 12.3. The molecule has 2 fully saturated rings. The third kappa shape index (κ3) is 5.76. The van der Waals surface area contributed by atoms with Crippen LogP contribution >= 0.6 is 0 Å². The van der Waals surface area contributed by atoms with E-state index >= 15 is 0 Å². The van der Waals surface area contributed by atoms with Crippen molar-refractivity contribution in [3.05, 3.63) is 24.4 Å². The Balaban J connectivity index is 1.78. The number of alkyl halides is 3. The van der Waals surface area contributed by atoms with Crippen LogP contribution in [0.2, 0.25) is 0 Å². The van der Waals surface area contributed by atoms with Crippen molar-refractivity contribution in [3.8, 4) is 0 Å². The van der Waals surface area contributed by atoms with Crippen LogP contribution in [0.25, 0.3) is 0 Å². The molecular formula is C17H26F3N5O. The number of nitrogens with zero attached hydrogens (tertiary/aromatic N) is 3. The van der Waals surface area contributed by atoms with Crippen molar-refractivity contribution in [1.29, 1.82) is 0 Å². The molecule has 1 atom stereocenters. The number of likely N-dealkylation sites (N-methyl/N-ethyl adjacent to an activating group) is 1. The van der Waals surface area contributed by atoms with E-state index in [-0.39, 0.29) is 23.8 Å². The molecule has 0 saturated carbocycles.